The molecule has 2 N–H and O–H groups in total. The molecule has 2 aromatic rings. The zero-order chi connectivity index (χ0) is 12.4. The number of nitrogens with one attached hydrogen (secondary N) is 2. The maximum absolute atomic E-state index is 4.56. The van der Waals surface area contributed by atoms with Crippen LogP contribution in [-0.2, 0) is 0 Å². The van der Waals surface area contributed by atoms with E-state index >= 15 is 0 Å². The molecule has 0 saturated carbocycles. The van der Waals surface area contributed by atoms with Crippen molar-refractivity contribution in [2.75, 3.05) is 13.1 Å². The number of H-pyrrole nitrogens is 1. The minimum Gasteiger partial charge on any atom is -0.342 e. The summed E-state index contributed by atoms with van der Waals surface area (Å²) in [6, 6.07) is 8.54. The van der Waals surface area contributed by atoms with Crippen LogP contribution in [0.1, 0.15) is 30.1 Å². The lowest BCUT2D eigenvalue weighted by Gasteiger charge is -2.20. The van der Waals surface area contributed by atoms with Crippen molar-refractivity contribution in [2.24, 2.45) is 0 Å². The van der Waals surface area contributed by atoms with Crippen LogP contribution in [0.4, 0.5) is 0 Å². The molecule has 0 unspecified atom stereocenters. The monoisotopic (exact) mass is 241 g/mol. The van der Waals surface area contributed by atoms with Gasteiger partial charge in [-0.1, -0.05) is 23.8 Å². The summed E-state index contributed by atoms with van der Waals surface area (Å²) in [4.78, 5) is 8.05. The Balaban J connectivity index is 1.84. The zero-order valence-corrected chi connectivity index (χ0v) is 10.7. The van der Waals surface area contributed by atoms with Gasteiger partial charge in [0.05, 0.1) is 11.9 Å². The zero-order valence-electron chi connectivity index (χ0n) is 10.7. The Morgan fingerprint density at radius 1 is 1.22 bits per heavy atom. The Morgan fingerprint density at radius 2 is 2.06 bits per heavy atom. The first-order valence-electron chi connectivity index (χ1n) is 6.65. The molecule has 0 spiro atoms. The third kappa shape index (κ3) is 2.31. The van der Waals surface area contributed by atoms with Gasteiger partial charge in [-0.2, -0.15) is 0 Å². The second-order valence-corrected chi connectivity index (χ2v) is 5.08. The molecule has 2 heterocycles. The number of piperidine rings is 1. The highest BCUT2D eigenvalue weighted by atomic mass is 14.9. The van der Waals surface area contributed by atoms with Gasteiger partial charge in [-0.3, -0.25) is 0 Å². The predicted molar refractivity (Wildman–Crippen MR) is 73.6 cm³/mol. The molecule has 1 aliphatic rings. The molecule has 0 atom stereocenters. The number of nitrogens with zero attached hydrogens (tertiary/aromatic N) is 1. The van der Waals surface area contributed by atoms with Crippen molar-refractivity contribution in [3.8, 4) is 11.3 Å². The second kappa shape index (κ2) is 4.94. The summed E-state index contributed by atoms with van der Waals surface area (Å²) < 4.78 is 0. The largest absolute Gasteiger partial charge is 0.342 e. The summed E-state index contributed by atoms with van der Waals surface area (Å²) in [5.41, 5.74) is 3.64. The van der Waals surface area contributed by atoms with E-state index in [0.29, 0.717) is 5.92 Å². The molecule has 94 valence electrons. The van der Waals surface area contributed by atoms with Crippen molar-refractivity contribution in [1.82, 2.24) is 15.3 Å². The van der Waals surface area contributed by atoms with Crippen LogP contribution in [0.15, 0.2) is 30.5 Å². The summed E-state index contributed by atoms with van der Waals surface area (Å²) in [5.74, 6) is 1.73. The molecule has 18 heavy (non-hydrogen) atoms. The van der Waals surface area contributed by atoms with Crippen molar-refractivity contribution < 1.29 is 0 Å². The normalized spacial score (nSPS) is 16.9. The lowest BCUT2D eigenvalue weighted by molar-refractivity contribution is 0.447. The highest BCUT2D eigenvalue weighted by Crippen LogP contribution is 2.25. The fourth-order valence-electron chi connectivity index (χ4n) is 2.60. The summed E-state index contributed by atoms with van der Waals surface area (Å²) in [6.07, 6.45) is 4.33. The van der Waals surface area contributed by atoms with Crippen molar-refractivity contribution in [3.05, 3.63) is 41.9 Å². The van der Waals surface area contributed by atoms with Gasteiger partial charge in [0.1, 0.15) is 5.82 Å². The molecule has 0 bridgehead atoms. The number of imidazole rings is 1. The third-order valence-electron chi connectivity index (χ3n) is 3.65. The SMILES string of the molecule is Cc1cccc(-c2cnc(C3CCNCC3)[nH]2)c1. The second-order valence-electron chi connectivity index (χ2n) is 5.08. The van der Waals surface area contributed by atoms with E-state index in [0.717, 1.165) is 24.6 Å². The van der Waals surface area contributed by atoms with Gasteiger partial charge >= 0.3 is 0 Å². The minimum absolute atomic E-state index is 0.588. The topological polar surface area (TPSA) is 40.7 Å². The van der Waals surface area contributed by atoms with Crippen LogP contribution >= 0.6 is 0 Å². The Labute approximate surface area is 108 Å². The van der Waals surface area contributed by atoms with E-state index in [9.17, 15) is 0 Å². The van der Waals surface area contributed by atoms with E-state index in [1.807, 2.05) is 6.20 Å². The van der Waals surface area contributed by atoms with Gasteiger partial charge in [-0.05, 0) is 44.5 Å². The fraction of sp³-hybridized carbons (Fsp3) is 0.400. The fourth-order valence-corrected chi connectivity index (χ4v) is 2.60. The number of rotatable bonds is 2. The Bertz CT molecular complexity index is 524. The van der Waals surface area contributed by atoms with Gasteiger partial charge in [-0.15, -0.1) is 0 Å². The summed E-state index contributed by atoms with van der Waals surface area (Å²) in [7, 11) is 0. The van der Waals surface area contributed by atoms with Gasteiger partial charge < -0.3 is 10.3 Å². The molecule has 1 aliphatic heterocycles. The van der Waals surface area contributed by atoms with Crippen LogP contribution in [0.5, 0.6) is 0 Å². The molecule has 1 saturated heterocycles. The first-order valence-corrected chi connectivity index (χ1v) is 6.65. The quantitative estimate of drug-likeness (QED) is 0.848. The van der Waals surface area contributed by atoms with Crippen molar-refractivity contribution in [1.29, 1.82) is 0 Å². The Morgan fingerprint density at radius 3 is 2.83 bits per heavy atom. The van der Waals surface area contributed by atoms with Gasteiger partial charge in [0.2, 0.25) is 0 Å². The molecule has 3 rings (SSSR count). The summed E-state index contributed by atoms with van der Waals surface area (Å²) in [6.45, 7) is 4.32. The van der Waals surface area contributed by atoms with Gasteiger partial charge in [-0.25, -0.2) is 4.98 Å². The maximum Gasteiger partial charge on any atom is 0.109 e. The first kappa shape index (κ1) is 11.5. The number of aryl methyl sites for hydroxylation is 1. The van der Waals surface area contributed by atoms with Gasteiger partial charge in [0.25, 0.3) is 0 Å². The van der Waals surface area contributed by atoms with E-state index in [1.54, 1.807) is 0 Å². The van der Waals surface area contributed by atoms with E-state index in [1.165, 1.54) is 24.0 Å². The third-order valence-corrected chi connectivity index (χ3v) is 3.65. The first-order chi connectivity index (χ1) is 8.83. The average molecular weight is 241 g/mol. The molecule has 1 aromatic heterocycles. The highest BCUT2D eigenvalue weighted by Gasteiger charge is 2.18. The Hall–Kier alpha value is -1.61. The predicted octanol–water partition coefficient (Wildman–Crippen LogP) is 2.85. The van der Waals surface area contributed by atoms with Crippen molar-refractivity contribution in [2.45, 2.75) is 25.7 Å². The van der Waals surface area contributed by atoms with Crippen molar-refractivity contribution >= 4 is 0 Å². The summed E-state index contributed by atoms with van der Waals surface area (Å²) >= 11 is 0. The molecule has 1 fully saturated rings. The summed E-state index contributed by atoms with van der Waals surface area (Å²) in [5, 5.41) is 3.39. The minimum atomic E-state index is 0.588. The smallest absolute Gasteiger partial charge is 0.109 e. The van der Waals surface area contributed by atoms with Crippen LogP contribution in [0.25, 0.3) is 11.3 Å². The lowest BCUT2D eigenvalue weighted by atomic mass is 9.98. The van der Waals surface area contributed by atoms with Gasteiger partial charge in [0, 0.05) is 5.92 Å². The average Bonchev–Trinajstić information content (AvgIpc) is 2.89. The van der Waals surface area contributed by atoms with E-state index < -0.39 is 0 Å². The molecule has 0 radical (unpaired) electrons. The molecule has 0 aliphatic carbocycles. The molecular formula is C15H19N3. The van der Waals surface area contributed by atoms with Gasteiger partial charge in [0.15, 0.2) is 0 Å². The van der Waals surface area contributed by atoms with Crippen LogP contribution in [0.2, 0.25) is 0 Å². The van der Waals surface area contributed by atoms with Crippen LogP contribution in [-0.4, -0.2) is 23.1 Å². The molecule has 0 amide bonds. The van der Waals surface area contributed by atoms with Crippen LogP contribution < -0.4 is 5.32 Å². The maximum atomic E-state index is 4.56. The van der Waals surface area contributed by atoms with Crippen LogP contribution in [0, 0.1) is 6.92 Å². The molecule has 1 aromatic carbocycles. The highest BCUT2D eigenvalue weighted by molar-refractivity contribution is 5.59. The number of hydrogen-bond acceptors (Lipinski definition) is 2. The molecule has 3 heteroatoms. The van der Waals surface area contributed by atoms with E-state index in [4.69, 9.17) is 0 Å². The number of benzene rings is 1. The number of aromatic amines is 1. The lowest BCUT2D eigenvalue weighted by Crippen LogP contribution is -2.27. The standard InChI is InChI=1S/C15H19N3/c1-11-3-2-4-13(9-11)14-10-17-15(18-14)12-5-7-16-8-6-12/h2-4,9-10,12,16H,5-8H2,1H3,(H,17,18). The number of aromatic nitrogens is 2. The van der Waals surface area contributed by atoms with Crippen LogP contribution in [0.3, 0.4) is 0 Å². The molecule has 3 nitrogen and oxygen atoms in total. The van der Waals surface area contributed by atoms with E-state index in [2.05, 4.69) is 46.5 Å². The number of hydrogen-bond donors (Lipinski definition) is 2. The van der Waals surface area contributed by atoms with Crippen molar-refractivity contribution in [3.63, 3.8) is 0 Å². The van der Waals surface area contributed by atoms with E-state index in [-0.39, 0.29) is 0 Å². The molecular weight excluding hydrogens is 222 g/mol. The Kier molecular flexibility index (Phi) is 3.15.